The number of rotatable bonds is 6. The minimum Gasteiger partial charge on any atom is -0.367 e. The van der Waals surface area contributed by atoms with Gasteiger partial charge in [-0.05, 0) is 31.5 Å². The first-order valence-corrected chi connectivity index (χ1v) is 9.33. The fraction of sp³-hybridized carbons (Fsp3) is 0.381. The Kier molecular flexibility index (Phi) is 6.06. The van der Waals surface area contributed by atoms with Crippen LogP contribution in [0.2, 0.25) is 0 Å². The molecule has 2 aromatic rings. The molecule has 0 spiro atoms. The van der Waals surface area contributed by atoms with Gasteiger partial charge >= 0.3 is 0 Å². The number of aromatic nitrogens is 1. The number of pyridine rings is 1. The van der Waals surface area contributed by atoms with Gasteiger partial charge in [0.25, 0.3) is 5.91 Å². The standard InChI is InChI=1S/C21H26N4O2/c1-17(2)25(15-18-6-4-3-5-7-18)21(27)20-9-8-19(14-22-20)24-12-10-23(16-26)11-13-24/h3-9,14,16-17H,10-13,15H2,1-2H3. The summed E-state index contributed by atoms with van der Waals surface area (Å²) in [6.07, 6.45) is 2.65. The van der Waals surface area contributed by atoms with Crippen molar-refractivity contribution >= 4 is 18.0 Å². The summed E-state index contributed by atoms with van der Waals surface area (Å²) >= 11 is 0. The van der Waals surface area contributed by atoms with E-state index in [0.717, 1.165) is 30.8 Å². The van der Waals surface area contributed by atoms with E-state index in [1.807, 2.05) is 55.1 Å². The van der Waals surface area contributed by atoms with E-state index in [4.69, 9.17) is 0 Å². The summed E-state index contributed by atoms with van der Waals surface area (Å²) in [5, 5.41) is 0. The SMILES string of the molecule is CC(C)N(Cc1ccccc1)C(=O)c1ccc(N2CCN(C=O)CC2)cn1. The molecule has 1 aliphatic rings. The zero-order valence-corrected chi connectivity index (χ0v) is 15.9. The molecular formula is C21H26N4O2. The molecule has 0 N–H and O–H groups in total. The molecule has 0 radical (unpaired) electrons. The molecule has 1 fully saturated rings. The first-order valence-electron chi connectivity index (χ1n) is 9.33. The van der Waals surface area contributed by atoms with Crippen LogP contribution in [0.4, 0.5) is 5.69 Å². The molecule has 0 saturated carbocycles. The van der Waals surface area contributed by atoms with Crippen LogP contribution in [0, 0.1) is 0 Å². The van der Waals surface area contributed by atoms with E-state index in [1.54, 1.807) is 17.2 Å². The number of piperazine rings is 1. The van der Waals surface area contributed by atoms with Gasteiger partial charge in [0.1, 0.15) is 5.69 Å². The molecule has 3 rings (SSSR count). The van der Waals surface area contributed by atoms with Gasteiger partial charge in [0.05, 0.1) is 11.9 Å². The van der Waals surface area contributed by atoms with Crippen molar-refractivity contribution in [3.63, 3.8) is 0 Å². The van der Waals surface area contributed by atoms with E-state index >= 15 is 0 Å². The predicted molar refractivity (Wildman–Crippen MR) is 106 cm³/mol. The van der Waals surface area contributed by atoms with Crippen LogP contribution in [0.25, 0.3) is 0 Å². The summed E-state index contributed by atoms with van der Waals surface area (Å²) in [6.45, 7) is 7.57. The van der Waals surface area contributed by atoms with Gasteiger partial charge in [-0.25, -0.2) is 4.98 Å². The second-order valence-electron chi connectivity index (χ2n) is 7.04. The Morgan fingerprint density at radius 1 is 1.11 bits per heavy atom. The lowest BCUT2D eigenvalue weighted by Gasteiger charge is -2.34. The quantitative estimate of drug-likeness (QED) is 0.737. The van der Waals surface area contributed by atoms with Crippen molar-refractivity contribution in [3.8, 4) is 0 Å². The number of carbonyl (C=O) groups is 2. The number of carbonyl (C=O) groups excluding carboxylic acids is 2. The Morgan fingerprint density at radius 2 is 1.81 bits per heavy atom. The monoisotopic (exact) mass is 366 g/mol. The summed E-state index contributed by atoms with van der Waals surface area (Å²) in [5.41, 5.74) is 2.54. The lowest BCUT2D eigenvalue weighted by molar-refractivity contribution is -0.118. The van der Waals surface area contributed by atoms with Crippen LogP contribution in [0.15, 0.2) is 48.7 Å². The summed E-state index contributed by atoms with van der Waals surface area (Å²) < 4.78 is 0. The maximum Gasteiger partial charge on any atom is 0.272 e. The van der Waals surface area contributed by atoms with Crippen LogP contribution in [-0.2, 0) is 11.3 Å². The normalized spacial score (nSPS) is 14.3. The molecule has 6 nitrogen and oxygen atoms in total. The fourth-order valence-electron chi connectivity index (χ4n) is 3.20. The highest BCUT2D eigenvalue weighted by Crippen LogP contribution is 2.17. The summed E-state index contributed by atoms with van der Waals surface area (Å²) in [6, 6.07) is 13.8. The number of nitrogens with zero attached hydrogens (tertiary/aromatic N) is 4. The van der Waals surface area contributed by atoms with Crippen LogP contribution < -0.4 is 4.90 Å². The summed E-state index contributed by atoms with van der Waals surface area (Å²) in [4.78, 5) is 34.0. The van der Waals surface area contributed by atoms with Gasteiger partial charge in [-0.2, -0.15) is 0 Å². The molecule has 2 heterocycles. The number of benzene rings is 1. The van der Waals surface area contributed by atoms with E-state index in [1.165, 1.54) is 0 Å². The van der Waals surface area contributed by atoms with Gasteiger partial charge in [0.2, 0.25) is 6.41 Å². The minimum atomic E-state index is -0.0637. The molecule has 142 valence electrons. The van der Waals surface area contributed by atoms with E-state index in [-0.39, 0.29) is 11.9 Å². The number of hydrogen-bond acceptors (Lipinski definition) is 4. The molecule has 0 atom stereocenters. The van der Waals surface area contributed by atoms with Gasteiger partial charge in [-0.15, -0.1) is 0 Å². The third kappa shape index (κ3) is 4.64. The van der Waals surface area contributed by atoms with Gasteiger partial charge in [-0.3, -0.25) is 9.59 Å². The van der Waals surface area contributed by atoms with Crippen LogP contribution in [-0.4, -0.2) is 59.3 Å². The molecule has 1 aliphatic heterocycles. The first kappa shape index (κ1) is 18.9. The van der Waals surface area contributed by atoms with Crippen molar-refractivity contribution in [3.05, 3.63) is 59.9 Å². The third-order valence-electron chi connectivity index (χ3n) is 4.88. The Hall–Kier alpha value is -2.89. The zero-order valence-electron chi connectivity index (χ0n) is 15.9. The van der Waals surface area contributed by atoms with Crippen molar-refractivity contribution in [2.45, 2.75) is 26.4 Å². The molecule has 0 aliphatic carbocycles. The maximum absolute atomic E-state index is 13.0. The Balaban J connectivity index is 1.69. The first-order chi connectivity index (χ1) is 13.1. The molecular weight excluding hydrogens is 340 g/mol. The summed E-state index contributed by atoms with van der Waals surface area (Å²) in [5.74, 6) is -0.0637. The molecule has 0 unspecified atom stereocenters. The Morgan fingerprint density at radius 3 is 2.37 bits per heavy atom. The second kappa shape index (κ2) is 8.66. The molecule has 0 bridgehead atoms. The molecule has 27 heavy (non-hydrogen) atoms. The van der Waals surface area contributed by atoms with Crippen LogP contribution in [0.1, 0.15) is 29.9 Å². The number of hydrogen-bond donors (Lipinski definition) is 0. The smallest absolute Gasteiger partial charge is 0.272 e. The topological polar surface area (TPSA) is 56.8 Å². The fourth-order valence-corrected chi connectivity index (χ4v) is 3.20. The van der Waals surface area contributed by atoms with Gasteiger partial charge < -0.3 is 14.7 Å². The van der Waals surface area contributed by atoms with E-state index in [0.29, 0.717) is 25.3 Å². The van der Waals surface area contributed by atoms with E-state index in [2.05, 4.69) is 9.88 Å². The largest absolute Gasteiger partial charge is 0.367 e. The molecule has 1 aromatic heterocycles. The zero-order chi connectivity index (χ0) is 19.2. The molecule has 1 saturated heterocycles. The van der Waals surface area contributed by atoms with Gasteiger partial charge in [-0.1, -0.05) is 30.3 Å². The van der Waals surface area contributed by atoms with E-state index < -0.39 is 0 Å². The highest BCUT2D eigenvalue weighted by Gasteiger charge is 2.21. The van der Waals surface area contributed by atoms with Gasteiger partial charge in [0.15, 0.2) is 0 Å². The minimum absolute atomic E-state index is 0.0637. The highest BCUT2D eigenvalue weighted by molar-refractivity contribution is 5.92. The second-order valence-corrected chi connectivity index (χ2v) is 7.04. The van der Waals surface area contributed by atoms with Crippen LogP contribution >= 0.6 is 0 Å². The Bertz CT molecular complexity index is 754. The van der Waals surface area contributed by atoms with Crippen molar-refractivity contribution in [1.29, 1.82) is 0 Å². The number of amides is 2. The van der Waals surface area contributed by atoms with Crippen LogP contribution in [0.3, 0.4) is 0 Å². The van der Waals surface area contributed by atoms with Crippen molar-refractivity contribution in [1.82, 2.24) is 14.8 Å². The van der Waals surface area contributed by atoms with E-state index in [9.17, 15) is 9.59 Å². The highest BCUT2D eigenvalue weighted by atomic mass is 16.2. The van der Waals surface area contributed by atoms with Crippen molar-refractivity contribution in [2.24, 2.45) is 0 Å². The molecule has 6 heteroatoms. The van der Waals surface area contributed by atoms with Crippen molar-refractivity contribution in [2.75, 3.05) is 31.1 Å². The summed E-state index contributed by atoms with van der Waals surface area (Å²) in [7, 11) is 0. The average Bonchev–Trinajstić information content (AvgIpc) is 2.72. The maximum atomic E-state index is 13.0. The molecule has 2 amide bonds. The lowest BCUT2D eigenvalue weighted by atomic mass is 10.1. The molecule has 1 aromatic carbocycles. The average molecular weight is 366 g/mol. The predicted octanol–water partition coefficient (Wildman–Crippen LogP) is 2.41. The Labute approximate surface area is 160 Å². The van der Waals surface area contributed by atoms with Crippen LogP contribution in [0.5, 0.6) is 0 Å². The van der Waals surface area contributed by atoms with Gasteiger partial charge in [0, 0.05) is 38.8 Å². The van der Waals surface area contributed by atoms with Crippen molar-refractivity contribution < 1.29 is 9.59 Å². The lowest BCUT2D eigenvalue weighted by Crippen LogP contribution is -2.45. The third-order valence-corrected chi connectivity index (χ3v) is 4.88. The number of anilines is 1.